The van der Waals surface area contributed by atoms with Crippen molar-refractivity contribution in [1.29, 1.82) is 0 Å². The van der Waals surface area contributed by atoms with Crippen LogP contribution in [-0.4, -0.2) is 36.3 Å². The van der Waals surface area contributed by atoms with E-state index >= 15 is 0 Å². The van der Waals surface area contributed by atoms with Gasteiger partial charge in [-0.2, -0.15) is 0 Å². The molecule has 2 aliphatic rings. The number of carbonyl (C=O) groups is 2. The fourth-order valence-corrected chi connectivity index (χ4v) is 3.02. The monoisotopic (exact) mass is 224 g/mol. The van der Waals surface area contributed by atoms with E-state index in [-0.39, 0.29) is 18.0 Å². The Bertz CT molecular complexity index is 291. The average Bonchev–Trinajstić information content (AvgIpc) is 2.77. The standard InChI is InChI=1S/C12H20N2O2/c1-13-12(16)14-8-4-6-10(14)9-5-2-3-7-11(9)15/h9-10H,2-8H2,1H3,(H,13,16). The van der Waals surface area contributed by atoms with Gasteiger partial charge in [0.1, 0.15) is 5.78 Å². The van der Waals surface area contributed by atoms with Crippen LogP contribution in [0.25, 0.3) is 0 Å². The van der Waals surface area contributed by atoms with Gasteiger partial charge in [0, 0.05) is 32.0 Å². The molecule has 0 bridgehead atoms. The van der Waals surface area contributed by atoms with Crippen molar-refractivity contribution < 1.29 is 9.59 Å². The van der Waals surface area contributed by atoms with E-state index in [0.29, 0.717) is 12.2 Å². The molecule has 2 atom stereocenters. The molecule has 0 aromatic heterocycles. The number of ketones is 1. The summed E-state index contributed by atoms with van der Waals surface area (Å²) in [6, 6.07) is 0.133. The number of hydrogen-bond donors (Lipinski definition) is 1. The average molecular weight is 224 g/mol. The summed E-state index contributed by atoms with van der Waals surface area (Å²) in [5.74, 6) is 0.473. The van der Waals surface area contributed by atoms with E-state index in [1.165, 1.54) is 0 Å². The van der Waals surface area contributed by atoms with Gasteiger partial charge in [-0.15, -0.1) is 0 Å². The van der Waals surface area contributed by atoms with Crippen LogP contribution in [0.15, 0.2) is 0 Å². The van der Waals surface area contributed by atoms with Crippen LogP contribution in [0.4, 0.5) is 4.79 Å². The van der Waals surface area contributed by atoms with Crippen molar-refractivity contribution in [3.63, 3.8) is 0 Å². The Kier molecular flexibility index (Phi) is 3.46. The molecule has 0 aromatic rings. The Morgan fingerprint density at radius 1 is 1.31 bits per heavy atom. The van der Waals surface area contributed by atoms with Gasteiger partial charge in [0.25, 0.3) is 0 Å². The lowest BCUT2D eigenvalue weighted by molar-refractivity contribution is -0.126. The molecule has 0 radical (unpaired) electrons. The molecule has 1 saturated heterocycles. The second kappa shape index (κ2) is 4.85. The molecule has 0 aromatic carbocycles. The number of carbonyl (C=O) groups excluding carboxylic acids is 2. The number of urea groups is 1. The van der Waals surface area contributed by atoms with Crippen LogP contribution in [0.3, 0.4) is 0 Å². The first-order chi connectivity index (χ1) is 7.74. The maximum Gasteiger partial charge on any atom is 0.317 e. The lowest BCUT2D eigenvalue weighted by Gasteiger charge is -2.32. The highest BCUT2D eigenvalue weighted by Gasteiger charge is 2.38. The molecule has 1 aliphatic heterocycles. The van der Waals surface area contributed by atoms with Crippen molar-refractivity contribution in [3.05, 3.63) is 0 Å². The van der Waals surface area contributed by atoms with Crippen LogP contribution in [0.5, 0.6) is 0 Å². The number of Topliss-reactive ketones (excluding diaryl/α,β-unsaturated/α-hetero) is 1. The van der Waals surface area contributed by atoms with E-state index in [1.807, 2.05) is 4.90 Å². The summed E-state index contributed by atoms with van der Waals surface area (Å²) in [6.45, 7) is 0.800. The molecule has 2 amide bonds. The third kappa shape index (κ3) is 2.06. The first-order valence-electron chi connectivity index (χ1n) is 6.25. The van der Waals surface area contributed by atoms with Crippen molar-refractivity contribution in [1.82, 2.24) is 10.2 Å². The molecule has 2 rings (SSSR count). The third-order valence-electron chi connectivity index (χ3n) is 3.84. The molecule has 4 nitrogen and oxygen atoms in total. The van der Waals surface area contributed by atoms with Crippen molar-refractivity contribution >= 4 is 11.8 Å². The van der Waals surface area contributed by atoms with Crippen LogP contribution >= 0.6 is 0 Å². The first-order valence-corrected chi connectivity index (χ1v) is 6.25. The number of nitrogens with one attached hydrogen (secondary N) is 1. The van der Waals surface area contributed by atoms with Gasteiger partial charge in [0.05, 0.1) is 0 Å². The summed E-state index contributed by atoms with van der Waals surface area (Å²) < 4.78 is 0. The Balaban J connectivity index is 2.06. The molecule has 1 heterocycles. The van der Waals surface area contributed by atoms with Gasteiger partial charge >= 0.3 is 6.03 Å². The van der Waals surface area contributed by atoms with Crippen molar-refractivity contribution in [2.24, 2.45) is 5.92 Å². The summed E-state index contributed by atoms with van der Waals surface area (Å²) in [5.41, 5.74) is 0. The highest BCUT2D eigenvalue weighted by Crippen LogP contribution is 2.32. The minimum atomic E-state index is -0.0270. The van der Waals surface area contributed by atoms with Crippen molar-refractivity contribution in [2.75, 3.05) is 13.6 Å². The fourth-order valence-electron chi connectivity index (χ4n) is 3.02. The summed E-state index contributed by atoms with van der Waals surface area (Å²) in [5, 5.41) is 2.67. The summed E-state index contributed by atoms with van der Waals surface area (Å²) in [4.78, 5) is 25.4. The minimum Gasteiger partial charge on any atom is -0.341 e. The van der Waals surface area contributed by atoms with E-state index in [9.17, 15) is 9.59 Å². The third-order valence-corrected chi connectivity index (χ3v) is 3.84. The quantitative estimate of drug-likeness (QED) is 0.734. The van der Waals surface area contributed by atoms with E-state index in [4.69, 9.17) is 0 Å². The summed E-state index contributed by atoms with van der Waals surface area (Å²) in [6.07, 6.45) is 5.86. The van der Waals surface area contributed by atoms with E-state index in [2.05, 4.69) is 5.32 Å². The molecule has 4 heteroatoms. The van der Waals surface area contributed by atoms with Crippen LogP contribution in [0, 0.1) is 5.92 Å². The number of nitrogens with zero attached hydrogens (tertiary/aromatic N) is 1. The van der Waals surface area contributed by atoms with E-state index in [0.717, 1.165) is 38.6 Å². The zero-order chi connectivity index (χ0) is 11.5. The summed E-state index contributed by atoms with van der Waals surface area (Å²) >= 11 is 0. The van der Waals surface area contributed by atoms with Crippen molar-refractivity contribution in [3.8, 4) is 0 Å². The Morgan fingerprint density at radius 3 is 2.81 bits per heavy atom. The van der Waals surface area contributed by atoms with Gasteiger partial charge in [-0.25, -0.2) is 4.79 Å². The highest BCUT2D eigenvalue weighted by atomic mass is 16.2. The topological polar surface area (TPSA) is 49.4 Å². The van der Waals surface area contributed by atoms with Crippen LogP contribution < -0.4 is 5.32 Å². The van der Waals surface area contributed by atoms with Crippen LogP contribution in [0.2, 0.25) is 0 Å². The Morgan fingerprint density at radius 2 is 2.12 bits per heavy atom. The Hall–Kier alpha value is -1.06. The largest absolute Gasteiger partial charge is 0.341 e. The molecule has 1 N–H and O–H groups in total. The number of hydrogen-bond acceptors (Lipinski definition) is 2. The zero-order valence-electron chi connectivity index (χ0n) is 9.87. The summed E-state index contributed by atoms with van der Waals surface area (Å²) in [7, 11) is 1.65. The predicted molar refractivity (Wildman–Crippen MR) is 61.1 cm³/mol. The lowest BCUT2D eigenvalue weighted by Crippen LogP contribution is -2.47. The predicted octanol–water partition coefficient (Wildman–Crippen LogP) is 1.55. The molecular formula is C12H20N2O2. The van der Waals surface area contributed by atoms with Gasteiger partial charge in [-0.05, 0) is 25.7 Å². The highest BCUT2D eigenvalue weighted by molar-refractivity contribution is 5.83. The smallest absolute Gasteiger partial charge is 0.317 e. The lowest BCUT2D eigenvalue weighted by atomic mass is 9.82. The van der Waals surface area contributed by atoms with Gasteiger partial charge in [0.15, 0.2) is 0 Å². The van der Waals surface area contributed by atoms with Gasteiger partial charge < -0.3 is 10.2 Å². The van der Waals surface area contributed by atoms with Gasteiger partial charge in [0.2, 0.25) is 0 Å². The Labute approximate surface area is 96.4 Å². The SMILES string of the molecule is CNC(=O)N1CCCC1C1CCCCC1=O. The van der Waals surface area contributed by atoms with Crippen LogP contribution in [-0.2, 0) is 4.79 Å². The van der Waals surface area contributed by atoms with E-state index in [1.54, 1.807) is 7.05 Å². The molecule has 90 valence electrons. The molecule has 1 aliphatic carbocycles. The van der Waals surface area contributed by atoms with E-state index < -0.39 is 0 Å². The maximum absolute atomic E-state index is 11.9. The molecular weight excluding hydrogens is 204 g/mol. The molecule has 16 heavy (non-hydrogen) atoms. The molecule has 0 spiro atoms. The zero-order valence-corrected chi connectivity index (χ0v) is 9.87. The maximum atomic E-state index is 11.9. The van der Waals surface area contributed by atoms with Gasteiger partial charge in [-0.3, -0.25) is 4.79 Å². The normalized spacial score (nSPS) is 30.6. The second-order valence-electron chi connectivity index (χ2n) is 4.78. The molecule has 2 unspecified atom stereocenters. The van der Waals surface area contributed by atoms with Crippen molar-refractivity contribution in [2.45, 2.75) is 44.6 Å². The number of likely N-dealkylation sites (tertiary alicyclic amines) is 1. The minimum absolute atomic E-state index is 0.0270. The van der Waals surface area contributed by atoms with Crippen LogP contribution in [0.1, 0.15) is 38.5 Å². The molecule has 2 fully saturated rings. The number of amides is 2. The number of rotatable bonds is 1. The second-order valence-corrected chi connectivity index (χ2v) is 4.78. The van der Waals surface area contributed by atoms with Gasteiger partial charge in [-0.1, -0.05) is 6.42 Å². The fraction of sp³-hybridized carbons (Fsp3) is 0.833. The first kappa shape index (κ1) is 11.4. The molecule has 1 saturated carbocycles.